The Labute approximate surface area is 120 Å². The van der Waals surface area contributed by atoms with Crippen LogP contribution in [0.2, 0.25) is 10.3 Å². The molecule has 110 valence electrons. The second-order valence-electron chi connectivity index (χ2n) is 3.54. The van der Waals surface area contributed by atoms with Gasteiger partial charge in [-0.05, 0) is 6.07 Å². The standard InChI is InChI=1S/C9H6Cl2F3N3O3/c10-5-1-4(7(11)16-15-5)8(20)17(2-6(18)19)3-9(12,13)14/h1H,2-3H2,(H,18,19). The zero-order chi connectivity index (χ0) is 15.5. The van der Waals surface area contributed by atoms with Crippen LogP contribution in [0, 0.1) is 0 Å². The van der Waals surface area contributed by atoms with Crippen molar-refractivity contribution in [2.75, 3.05) is 13.1 Å². The molecule has 1 rings (SSSR count). The van der Waals surface area contributed by atoms with Gasteiger partial charge in [-0.1, -0.05) is 23.2 Å². The van der Waals surface area contributed by atoms with Gasteiger partial charge in [-0.25, -0.2) is 0 Å². The van der Waals surface area contributed by atoms with Gasteiger partial charge in [-0.15, -0.1) is 10.2 Å². The highest BCUT2D eigenvalue weighted by molar-refractivity contribution is 6.34. The summed E-state index contributed by atoms with van der Waals surface area (Å²) < 4.78 is 37.0. The summed E-state index contributed by atoms with van der Waals surface area (Å²) in [6.45, 7) is -2.89. The Bertz CT molecular complexity index is 539. The molecule has 1 aromatic rings. The number of alkyl halides is 3. The molecular weight excluding hydrogens is 326 g/mol. The number of aromatic nitrogens is 2. The molecule has 0 saturated heterocycles. The Morgan fingerprint density at radius 1 is 1.30 bits per heavy atom. The lowest BCUT2D eigenvalue weighted by atomic mass is 10.2. The first-order valence-corrected chi connectivity index (χ1v) is 5.62. The van der Waals surface area contributed by atoms with E-state index in [4.69, 9.17) is 28.3 Å². The zero-order valence-corrected chi connectivity index (χ0v) is 11.0. The number of carbonyl (C=O) groups excluding carboxylic acids is 1. The average molecular weight is 332 g/mol. The highest BCUT2D eigenvalue weighted by Crippen LogP contribution is 2.21. The van der Waals surface area contributed by atoms with E-state index < -0.39 is 41.9 Å². The van der Waals surface area contributed by atoms with Crippen molar-refractivity contribution >= 4 is 35.1 Å². The maximum Gasteiger partial charge on any atom is 0.406 e. The number of carboxylic acid groups (broad SMARTS) is 1. The summed E-state index contributed by atoms with van der Waals surface area (Å²) >= 11 is 11.0. The van der Waals surface area contributed by atoms with Crippen LogP contribution < -0.4 is 0 Å². The third kappa shape index (κ3) is 4.82. The second-order valence-corrected chi connectivity index (χ2v) is 4.29. The van der Waals surface area contributed by atoms with E-state index in [1.165, 1.54) is 0 Å². The normalized spacial score (nSPS) is 11.2. The van der Waals surface area contributed by atoms with Crippen LogP contribution in [0.15, 0.2) is 6.07 Å². The molecule has 20 heavy (non-hydrogen) atoms. The van der Waals surface area contributed by atoms with Gasteiger partial charge in [0.15, 0.2) is 10.3 Å². The van der Waals surface area contributed by atoms with Crippen molar-refractivity contribution in [3.63, 3.8) is 0 Å². The number of carboxylic acids is 1. The third-order valence-corrected chi connectivity index (χ3v) is 2.40. The Kier molecular flexibility index (Phi) is 5.12. The summed E-state index contributed by atoms with van der Waals surface area (Å²) in [7, 11) is 0. The van der Waals surface area contributed by atoms with Crippen LogP contribution in [-0.2, 0) is 4.79 Å². The van der Waals surface area contributed by atoms with E-state index in [1.54, 1.807) is 0 Å². The minimum Gasteiger partial charge on any atom is -0.480 e. The van der Waals surface area contributed by atoms with E-state index in [2.05, 4.69) is 10.2 Å². The number of amides is 1. The van der Waals surface area contributed by atoms with Crippen LogP contribution in [-0.4, -0.2) is 51.3 Å². The maximum absolute atomic E-state index is 12.3. The molecule has 0 aliphatic rings. The van der Waals surface area contributed by atoms with Crippen LogP contribution in [0.4, 0.5) is 13.2 Å². The van der Waals surface area contributed by atoms with Crippen LogP contribution in [0.1, 0.15) is 10.4 Å². The molecule has 0 aliphatic carbocycles. The number of halogens is 5. The van der Waals surface area contributed by atoms with Crippen molar-refractivity contribution in [3.05, 3.63) is 21.9 Å². The molecular formula is C9H6Cl2F3N3O3. The summed E-state index contributed by atoms with van der Waals surface area (Å²) in [5.74, 6) is -2.86. The first-order valence-electron chi connectivity index (χ1n) is 4.86. The van der Waals surface area contributed by atoms with Crippen molar-refractivity contribution in [2.24, 2.45) is 0 Å². The van der Waals surface area contributed by atoms with Crippen molar-refractivity contribution < 1.29 is 27.9 Å². The Morgan fingerprint density at radius 3 is 2.40 bits per heavy atom. The topological polar surface area (TPSA) is 83.4 Å². The highest BCUT2D eigenvalue weighted by Gasteiger charge is 2.35. The molecule has 0 atom stereocenters. The van der Waals surface area contributed by atoms with Gasteiger partial charge < -0.3 is 10.0 Å². The monoisotopic (exact) mass is 331 g/mol. The zero-order valence-electron chi connectivity index (χ0n) is 9.49. The lowest BCUT2D eigenvalue weighted by Crippen LogP contribution is -2.42. The molecule has 0 unspecified atom stereocenters. The van der Waals surface area contributed by atoms with Crippen molar-refractivity contribution in [3.8, 4) is 0 Å². The van der Waals surface area contributed by atoms with Gasteiger partial charge >= 0.3 is 12.1 Å². The second kappa shape index (κ2) is 6.23. The van der Waals surface area contributed by atoms with Gasteiger partial charge in [0.2, 0.25) is 0 Å². The van der Waals surface area contributed by atoms with E-state index in [-0.39, 0.29) is 10.1 Å². The fourth-order valence-electron chi connectivity index (χ4n) is 1.25. The molecule has 0 aliphatic heterocycles. The molecule has 0 bridgehead atoms. The number of nitrogens with zero attached hydrogens (tertiary/aromatic N) is 3. The van der Waals surface area contributed by atoms with Gasteiger partial charge in [0, 0.05) is 0 Å². The van der Waals surface area contributed by atoms with Gasteiger partial charge in [-0.3, -0.25) is 9.59 Å². The van der Waals surface area contributed by atoms with Crippen molar-refractivity contribution in [1.29, 1.82) is 0 Å². The number of carbonyl (C=O) groups is 2. The smallest absolute Gasteiger partial charge is 0.406 e. The fourth-order valence-corrected chi connectivity index (χ4v) is 1.57. The summed E-state index contributed by atoms with van der Waals surface area (Å²) in [5.41, 5.74) is -0.461. The predicted molar refractivity (Wildman–Crippen MR) is 61.6 cm³/mol. The first-order chi connectivity index (χ1) is 9.10. The van der Waals surface area contributed by atoms with Gasteiger partial charge in [0.25, 0.3) is 5.91 Å². The van der Waals surface area contributed by atoms with Gasteiger partial charge in [0.05, 0.1) is 5.56 Å². The minimum absolute atomic E-state index is 0.0710. The van der Waals surface area contributed by atoms with E-state index in [0.717, 1.165) is 6.07 Å². The molecule has 1 aromatic heterocycles. The molecule has 11 heteroatoms. The quantitative estimate of drug-likeness (QED) is 0.910. The van der Waals surface area contributed by atoms with E-state index in [9.17, 15) is 22.8 Å². The maximum atomic E-state index is 12.3. The SMILES string of the molecule is O=C(O)CN(CC(F)(F)F)C(=O)c1cc(Cl)nnc1Cl. The van der Waals surface area contributed by atoms with Gasteiger partial charge in [-0.2, -0.15) is 13.2 Å². The molecule has 1 amide bonds. The lowest BCUT2D eigenvalue weighted by molar-refractivity contribution is -0.149. The Morgan fingerprint density at radius 2 is 1.90 bits per heavy atom. The highest BCUT2D eigenvalue weighted by atomic mass is 35.5. The van der Waals surface area contributed by atoms with E-state index in [0.29, 0.717) is 0 Å². The molecule has 1 N–H and O–H groups in total. The molecule has 0 fully saturated rings. The molecule has 1 heterocycles. The number of aliphatic carboxylic acids is 1. The third-order valence-electron chi connectivity index (χ3n) is 1.93. The van der Waals surface area contributed by atoms with Crippen LogP contribution >= 0.6 is 23.2 Å². The predicted octanol–water partition coefficient (Wildman–Crippen LogP) is 1.87. The lowest BCUT2D eigenvalue weighted by Gasteiger charge is -2.22. The fraction of sp³-hybridized carbons (Fsp3) is 0.333. The Balaban J connectivity index is 3.09. The molecule has 0 saturated carbocycles. The number of hydrogen-bond donors (Lipinski definition) is 1. The number of rotatable bonds is 4. The largest absolute Gasteiger partial charge is 0.480 e. The van der Waals surface area contributed by atoms with Crippen LogP contribution in [0.5, 0.6) is 0 Å². The molecule has 0 aromatic carbocycles. The first kappa shape index (κ1) is 16.4. The average Bonchev–Trinajstić information content (AvgIpc) is 2.28. The van der Waals surface area contributed by atoms with Crippen molar-refractivity contribution in [2.45, 2.75) is 6.18 Å². The van der Waals surface area contributed by atoms with Crippen molar-refractivity contribution in [1.82, 2.24) is 15.1 Å². The molecule has 0 spiro atoms. The van der Waals surface area contributed by atoms with Crippen LogP contribution in [0.3, 0.4) is 0 Å². The van der Waals surface area contributed by atoms with E-state index >= 15 is 0 Å². The minimum atomic E-state index is -4.76. The molecule has 0 radical (unpaired) electrons. The van der Waals surface area contributed by atoms with E-state index in [1.807, 2.05) is 0 Å². The van der Waals surface area contributed by atoms with Gasteiger partial charge in [0.1, 0.15) is 13.1 Å². The summed E-state index contributed by atoms with van der Waals surface area (Å²) in [5, 5.41) is 14.4. The summed E-state index contributed by atoms with van der Waals surface area (Å²) in [4.78, 5) is 22.5. The van der Waals surface area contributed by atoms with Crippen LogP contribution in [0.25, 0.3) is 0 Å². The summed E-state index contributed by atoms with van der Waals surface area (Å²) in [6.07, 6.45) is -4.76. The number of hydrogen-bond acceptors (Lipinski definition) is 4. The Hall–Kier alpha value is -1.61. The molecule has 6 nitrogen and oxygen atoms in total. The summed E-state index contributed by atoms with van der Waals surface area (Å²) in [6, 6.07) is 0.907.